The van der Waals surface area contributed by atoms with Gasteiger partial charge in [0.1, 0.15) is 23.1 Å². The molecule has 0 fully saturated rings. The van der Waals surface area contributed by atoms with Gasteiger partial charge in [-0.3, -0.25) is 0 Å². The molecule has 0 radical (unpaired) electrons. The van der Waals surface area contributed by atoms with E-state index in [0.717, 1.165) is 72.5 Å². The van der Waals surface area contributed by atoms with Gasteiger partial charge in [0.15, 0.2) is 5.60 Å². The number of hydrogen-bond acceptors (Lipinski definition) is 4. The Bertz CT molecular complexity index is 1920. The molecule has 7 rings (SSSR count). The molecule has 0 amide bonds. The summed E-state index contributed by atoms with van der Waals surface area (Å²) in [5, 5.41) is 2.09. The maximum Gasteiger partial charge on any atom is 0.178 e. The molecule has 1 atom stereocenters. The molecule has 5 aromatic rings. The largest absolute Gasteiger partial charge is 0.497 e. The van der Waals surface area contributed by atoms with Gasteiger partial charge in [-0.1, -0.05) is 62.4 Å². The molecule has 0 aromatic heterocycles. The van der Waals surface area contributed by atoms with Crippen molar-refractivity contribution in [3.8, 4) is 28.4 Å². The van der Waals surface area contributed by atoms with Crippen molar-refractivity contribution in [2.45, 2.75) is 31.5 Å². The van der Waals surface area contributed by atoms with Crippen LogP contribution >= 0.6 is 0 Å². The first-order chi connectivity index (χ1) is 20.8. The third-order valence-corrected chi connectivity index (χ3v) is 8.96. The van der Waals surface area contributed by atoms with Crippen molar-refractivity contribution in [1.29, 1.82) is 0 Å². The van der Waals surface area contributed by atoms with E-state index in [0.29, 0.717) is 6.61 Å². The summed E-state index contributed by atoms with van der Waals surface area (Å²) in [6.45, 7) is 4.78. The molecule has 5 aromatic carbocycles. The molecule has 1 unspecified atom stereocenters. The molecule has 0 N–H and O–H groups in total. The fraction of sp³-hybridized carbons (Fsp3) is 0.211. The molecule has 0 saturated heterocycles. The van der Waals surface area contributed by atoms with Crippen LogP contribution in [0.1, 0.15) is 47.2 Å². The maximum absolute atomic E-state index is 14.6. The van der Waals surface area contributed by atoms with Gasteiger partial charge >= 0.3 is 0 Å². The van der Waals surface area contributed by atoms with Crippen LogP contribution in [0.4, 0.5) is 4.39 Å². The van der Waals surface area contributed by atoms with Crippen LogP contribution in [0.15, 0.2) is 91.0 Å². The van der Waals surface area contributed by atoms with Crippen LogP contribution in [0.2, 0.25) is 0 Å². The summed E-state index contributed by atoms with van der Waals surface area (Å²) < 4.78 is 38.7. The second-order valence-corrected chi connectivity index (χ2v) is 11.8. The summed E-state index contributed by atoms with van der Waals surface area (Å²) in [6, 6.07) is 27.6. The van der Waals surface area contributed by atoms with Gasteiger partial charge in [-0.05, 0) is 81.7 Å². The minimum atomic E-state index is -0.977. The standard InChI is InChI=1S/C38H33FO4/c1-37(2)33-21-26(39)12-15-31(33)34-29-8-6-7-9-30(29)36-32(35(34)37)16-17-38(43-36,24-10-13-27(41-4)14-11-24)25-18-23(22-40-3)19-28(20-25)42-5/h6-21H,22H2,1-5H3. The Kier molecular flexibility index (Phi) is 6.33. The van der Waals surface area contributed by atoms with E-state index in [-0.39, 0.29) is 5.82 Å². The molecular formula is C38H33FO4. The maximum atomic E-state index is 14.6. The van der Waals surface area contributed by atoms with Crippen molar-refractivity contribution in [2.24, 2.45) is 0 Å². The highest BCUT2D eigenvalue weighted by atomic mass is 19.1. The Hall–Kier alpha value is -4.61. The SMILES string of the molecule is COCc1cc(OC)cc(C2(c3ccc(OC)cc3)C=Cc3c4c(c5ccccc5c3O2)-c2ccc(F)cc2C4(C)C)c1. The fourth-order valence-electron chi connectivity index (χ4n) is 6.97. The molecule has 1 aliphatic carbocycles. The molecule has 0 spiro atoms. The average Bonchev–Trinajstić information content (AvgIpc) is 3.27. The summed E-state index contributed by atoms with van der Waals surface area (Å²) in [4.78, 5) is 0. The van der Waals surface area contributed by atoms with E-state index in [9.17, 15) is 4.39 Å². The minimum Gasteiger partial charge on any atom is -0.497 e. The summed E-state index contributed by atoms with van der Waals surface area (Å²) >= 11 is 0. The van der Waals surface area contributed by atoms with Crippen molar-refractivity contribution >= 4 is 16.8 Å². The quantitative estimate of drug-likeness (QED) is 0.204. The van der Waals surface area contributed by atoms with Crippen molar-refractivity contribution < 1.29 is 23.3 Å². The molecule has 1 aliphatic heterocycles. The molecule has 5 heteroatoms. The van der Waals surface area contributed by atoms with Gasteiger partial charge in [0.25, 0.3) is 0 Å². The zero-order chi connectivity index (χ0) is 29.9. The van der Waals surface area contributed by atoms with Crippen molar-refractivity contribution in [2.75, 3.05) is 21.3 Å². The number of benzene rings is 5. The van der Waals surface area contributed by atoms with Crippen LogP contribution in [-0.2, 0) is 22.4 Å². The predicted octanol–water partition coefficient (Wildman–Crippen LogP) is 8.80. The van der Waals surface area contributed by atoms with Gasteiger partial charge in [0.2, 0.25) is 0 Å². The smallest absolute Gasteiger partial charge is 0.178 e. The van der Waals surface area contributed by atoms with Gasteiger partial charge < -0.3 is 18.9 Å². The average molecular weight is 573 g/mol. The van der Waals surface area contributed by atoms with E-state index in [1.165, 1.54) is 0 Å². The zero-order valence-corrected chi connectivity index (χ0v) is 25.0. The molecule has 216 valence electrons. The number of ether oxygens (including phenoxy) is 4. The van der Waals surface area contributed by atoms with Gasteiger partial charge in [-0.25, -0.2) is 4.39 Å². The Morgan fingerprint density at radius 1 is 0.767 bits per heavy atom. The van der Waals surface area contributed by atoms with Gasteiger partial charge in [0, 0.05) is 34.6 Å². The first kappa shape index (κ1) is 27.2. The van der Waals surface area contributed by atoms with E-state index in [4.69, 9.17) is 18.9 Å². The first-order valence-electron chi connectivity index (χ1n) is 14.4. The number of halogens is 1. The number of hydrogen-bond donors (Lipinski definition) is 0. The van der Waals surface area contributed by atoms with Crippen molar-refractivity contribution in [3.63, 3.8) is 0 Å². The van der Waals surface area contributed by atoms with Crippen molar-refractivity contribution in [3.05, 3.63) is 130 Å². The highest BCUT2D eigenvalue weighted by Crippen LogP contribution is 2.58. The van der Waals surface area contributed by atoms with Crippen LogP contribution in [0, 0.1) is 5.82 Å². The van der Waals surface area contributed by atoms with Crippen LogP contribution < -0.4 is 14.2 Å². The summed E-state index contributed by atoms with van der Waals surface area (Å²) in [6.07, 6.45) is 4.32. The van der Waals surface area contributed by atoms with Crippen LogP contribution in [-0.4, -0.2) is 21.3 Å². The third kappa shape index (κ3) is 4.06. The Balaban J connectivity index is 1.53. The molecule has 0 bridgehead atoms. The van der Waals surface area contributed by atoms with Crippen LogP contribution in [0.3, 0.4) is 0 Å². The van der Waals surface area contributed by atoms with E-state index in [1.54, 1.807) is 33.5 Å². The lowest BCUT2D eigenvalue weighted by Gasteiger charge is -2.38. The minimum absolute atomic E-state index is 0.229. The topological polar surface area (TPSA) is 36.9 Å². The monoisotopic (exact) mass is 572 g/mol. The van der Waals surface area contributed by atoms with E-state index in [1.807, 2.05) is 48.5 Å². The number of methoxy groups -OCH3 is 3. The Morgan fingerprint density at radius 3 is 2.23 bits per heavy atom. The normalized spacial score (nSPS) is 17.6. The Morgan fingerprint density at radius 2 is 1.51 bits per heavy atom. The third-order valence-electron chi connectivity index (χ3n) is 8.96. The lowest BCUT2D eigenvalue weighted by atomic mass is 9.76. The molecule has 0 saturated carbocycles. The highest BCUT2D eigenvalue weighted by molar-refractivity contribution is 6.08. The molecule has 1 heterocycles. The highest BCUT2D eigenvalue weighted by Gasteiger charge is 2.44. The van der Waals surface area contributed by atoms with Gasteiger partial charge in [-0.15, -0.1) is 0 Å². The van der Waals surface area contributed by atoms with E-state index >= 15 is 0 Å². The predicted molar refractivity (Wildman–Crippen MR) is 169 cm³/mol. The summed E-state index contributed by atoms with van der Waals surface area (Å²) in [5.41, 5.74) is 6.78. The zero-order valence-electron chi connectivity index (χ0n) is 25.0. The molecule has 2 aliphatic rings. The number of fused-ring (bicyclic) bond motifs is 8. The van der Waals surface area contributed by atoms with E-state index in [2.05, 4.69) is 50.3 Å². The molecule has 4 nitrogen and oxygen atoms in total. The van der Waals surface area contributed by atoms with Gasteiger partial charge in [0.05, 0.1) is 20.8 Å². The Labute approximate surface area is 251 Å². The van der Waals surface area contributed by atoms with Crippen LogP contribution in [0.5, 0.6) is 17.2 Å². The fourth-order valence-corrected chi connectivity index (χ4v) is 6.97. The first-order valence-corrected chi connectivity index (χ1v) is 14.4. The second-order valence-electron chi connectivity index (χ2n) is 11.8. The van der Waals surface area contributed by atoms with Gasteiger partial charge in [-0.2, -0.15) is 0 Å². The summed E-state index contributed by atoms with van der Waals surface area (Å²) in [7, 11) is 5.02. The number of rotatable bonds is 6. The van der Waals surface area contributed by atoms with E-state index < -0.39 is 11.0 Å². The lowest BCUT2D eigenvalue weighted by molar-refractivity contribution is 0.161. The summed E-state index contributed by atoms with van der Waals surface area (Å²) in [5.74, 6) is 2.05. The molecular weight excluding hydrogens is 539 g/mol. The van der Waals surface area contributed by atoms with Crippen LogP contribution in [0.25, 0.3) is 28.0 Å². The second kappa shape index (κ2) is 9.99. The lowest BCUT2D eigenvalue weighted by Crippen LogP contribution is -2.35. The van der Waals surface area contributed by atoms with Crippen molar-refractivity contribution in [1.82, 2.24) is 0 Å². The molecule has 43 heavy (non-hydrogen) atoms.